The van der Waals surface area contributed by atoms with Gasteiger partial charge in [-0.25, -0.2) is 4.68 Å². The molecule has 1 aliphatic heterocycles. The van der Waals surface area contributed by atoms with Crippen LogP contribution in [-0.2, 0) is 6.54 Å². The lowest BCUT2D eigenvalue weighted by Crippen LogP contribution is -2.57. The van der Waals surface area contributed by atoms with Crippen molar-refractivity contribution in [1.29, 1.82) is 0 Å². The standard InChI is InChI=1S/C18H22N4O2/c1-13-14(2)21(11-10-19-13)18(24)16-8-9-17(23)22(20-16)12-15-6-4-3-5-7-15/h3-9,13-14,19H,10-12H2,1-2H3. The molecule has 0 radical (unpaired) electrons. The Hall–Kier alpha value is -2.47. The molecular formula is C18H22N4O2. The molecule has 2 atom stereocenters. The molecule has 6 nitrogen and oxygen atoms in total. The fourth-order valence-corrected chi connectivity index (χ4v) is 2.92. The van der Waals surface area contributed by atoms with Crippen molar-refractivity contribution >= 4 is 5.91 Å². The highest BCUT2D eigenvalue weighted by atomic mass is 16.2. The summed E-state index contributed by atoms with van der Waals surface area (Å²) in [5.41, 5.74) is 1.07. The van der Waals surface area contributed by atoms with Crippen molar-refractivity contribution < 1.29 is 4.79 Å². The summed E-state index contributed by atoms with van der Waals surface area (Å²) in [5, 5.41) is 7.65. The molecule has 2 heterocycles. The first kappa shape index (κ1) is 16.4. The lowest BCUT2D eigenvalue weighted by Gasteiger charge is -2.38. The number of carbonyl (C=O) groups is 1. The first-order chi connectivity index (χ1) is 11.6. The molecular weight excluding hydrogens is 304 g/mol. The molecule has 1 aromatic heterocycles. The topological polar surface area (TPSA) is 67.2 Å². The maximum Gasteiger partial charge on any atom is 0.274 e. The zero-order chi connectivity index (χ0) is 17.1. The van der Waals surface area contributed by atoms with Crippen LogP contribution < -0.4 is 10.9 Å². The normalized spacial score (nSPS) is 20.8. The van der Waals surface area contributed by atoms with Gasteiger partial charge in [0.1, 0.15) is 5.69 Å². The van der Waals surface area contributed by atoms with Gasteiger partial charge in [0, 0.05) is 31.2 Å². The van der Waals surface area contributed by atoms with E-state index < -0.39 is 0 Å². The Kier molecular flexibility index (Phi) is 4.76. The summed E-state index contributed by atoms with van der Waals surface area (Å²) in [5.74, 6) is -0.127. The Morgan fingerprint density at radius 1 is 1.21 bits per heavy atom. The van der Waals surface area contributed by atoms with Gasteiger partial charge in [-0.1, -0.05) is 30.3 Å². The van der Waals surface area contributed by atoms with Gasteiger partial charge in [-0.15, -0.1) is 0 Å². The Balaban J connectivity index is 1.85. The highest BCUT2D eigenvalue weighted by Gasteiger charge is 2.29. The summed E-state index contributed by atoms with van der Waals surface area (Å²) < 4.78 is 1.35. The zero-order valence-electron chi connectivity index (χ0n) is 14.0. The molecule has 0 saturated carbocycles. The predicted molar refractivity (Wildman–Crippen MR) is 92.0 cm³/mol. The van der Waals surface area contributed by atoms with Crippen LogP contribution in [0.5, 0.6) is 0 Å². The number of carbonyl (C=O) groups excluding carboxylic acids is 1. The Morgan fingerprint density at radius 3 is 2.71 bits per heavy atom. The average Bonchev–Trinajstić information content (AvgIpc) is 2.60. The van der Waals surface area contributed by atoms with Crippen molar-refractivity contribution in [1.82, 2.24) is 20.0 Å². The minimum absolute atomic E-state index is 0.0857. The van der Waals surface area contributed by atoms with Crippen LogP contribution in [0.25, 0.3) is 0 Å². The van der Waals surface area contributed by atoms with Crippen LogP contribution in [0.4, 0.5) is 0 Å². The molecule has 1 fully saturated rings. The van der Waals surface area contributed by atoms with Crippen molar-refractivity contribution in [2.45, 2.75) is 32.5 Å². The van der Waals surface area contributed by atoms with Crippen molar-refractivity contribution in [3.63, 3.8) is 0 Å². The van der Waals surface area contributed by atoms with Crippen LogP contribution in [0.2, 0.25) is 0 Å². The molecule has 126 valence electrons. The van der Waals surface area contributed by atoms with Gasteiger partial charge in [-0.3, -0.25) is 9.59 Å². The van der Waals surface area contributed by atoms with Crippen LogP contribution in [0, 0.1) is 0 Å². The summed E-state index contributed by atoms with van der Waals surface area (Å²) in [6.45, 7) is 5.85. The second-order valence-corrected chi connectivity index (χ2v) is 6.18. The average molecular weight is 326 g/mol. The van der Waals surface area contributed by atoms with Gasteiger partial charge in [-0.2, -0.15) is 5.10 Å². The number of hydrogen-bond donors (Lipinski definition) is 1. The van der Waals surface area contributed by atoms with E-state index in [1.807, 2.05) is 42.2 Å². The van der Waals surface area contributed by atoms with E-state index in [-0.39, 0.29) is 23.6 Å². The Bertz CT molecular complexity index is 772. The summed E-state index contributed by atoms with van der Waals surface area (Å²) >= 11 is 0. The summed E-state index contributed by atoms with van der Waals surface area (Å²) in [6.07, 6.45) is 0. The molecule has 0 bridgehead atoms. The van der Waals surface area contributed by atoms with Gasteiger partial charge in [0.05, 0.1) is 6.54 Å². The fourth-order valence-electron chi connectivity index (χ4n) is 2.92. The van der Waals surface area contributed by atoms with E-state index in [2.05, 4.69) is 17.3 Å². The highest BCUT2D eigenvalue weighted by Crippen LogP contribution is 2.12. The van der Waals surface area contributed by atoms with Crippen LogP contribution in [-0.4, -0.2) is 45.8 Å². The third-order valence-electron chi connectivity index (χ3n) is 4.56. The van der Waals surface area contributed by atoms with Gasteiger partial charge in [0.15, 0.2) is 0 Å². The first-order valence-corrected chi connectivity index (χ1v) is 8.22. The lowest BCUT2D eigenvalue weighted by atomic mass is 10.1. The number of benzene rings is 1. The third-order valence-corrected chi connectivity index (χ3v) is 4.56. The smallest absolute Gasteiger partial charge is 0.274 e. The number of nitrogens with one attached hydrogen (secondary N) is 1. The van der Waals surface area contributed by atoms with E-state index in [1.165, 1.54) is 16.8 Å². The molecule has 2 unspecified atom stereocenters. The molecule has 0 spiro atoms. The summed E-state index contributed by atoms with van der Waals surface area (Å²) in [4.78, 5) is 26.7. The molecule has 1 N–H and O–H groups in total. The lowest BCUT2D eigenvalue weighted by molar-refractivity contribution is 0.0594. The second-order valence-electron chi connectivity index (χ2n) is 6.18. The number of aromatic nitrogens is 2. The first-order valence-electron chi connectivity index (χ1n) is 8.22. The van der Waals surface area contributed by atoms with Crippen LogP contribution in [0.3, 0.4) is 0 Å². The second kappa shape index (κ2) is 6.97. The van der Waals surface area contributed by atoms with Crippen LogP contribution in [0.1, 0.15) is 29.9 Å². The van der Waals surface area contributed by atoms with E-state index >= 15 is 0 Å². The maximum atomic E-state index is 12.8. The monoisotopic (exact) mass is 326 g/mol. The van der Waals surface area contributed by atoms with Crippen molar-refractivity contribution in [3.8, 4) is 0 Å². The molecule has 6 heteroatoms. The fraction of sp³-hybridized carbons (Fsp3) is 0.389. The molecule has 1 saturated heterocycles. The quantitative estimate of drug-likeness (QED) is 0.918. The van der Waals surface area contributed by atoms with Crippen molar-refractivity contribution in [2.24, 2.45) is 0 Å². The zero-order valence-corrected chi connectivity index (χ0v) is 14.0. The Morgan fingerprint density at radius 2 is 1.96 bits per heavy atom. The van der Waals surface area contributed by atoms with Gasteiger partial charge >= 0.3 is 0 Å². The van der Waals surface area contributed by atoms with Crippen LogP contribution in [0.15, 0.2) is 47.3 Å². The molecule has 1 aromatic carbocycles. The summed E-state index contributed by atoms with van der Waals surface area (Å²) in [6, 6.07) is 12.9. The number of piperazine rings is 1. The number of hydrogen-bond acceptors (Lipinski definition) is 4. The molecule has 0 aliphatic carbocycles. The molecule has 3 rings (SSSR count). The van der Waals surface area contributed by atoms with Crippen LogP contribution >= 0.6 is 0 Å². The number of nitrogens with zero attached hydrogens (tertiary/aromatic N) is 3. The van der Waals surface area contributed by atoms with Gasteiger partial charge in [0.25, 0.3) is 11.5 Å². The minimum atomic E-state index is -0.211. The van der Waals surface area contributed by atoms with Gasteiger partial charge in [-0.05, 0) is 25.5 Å². The molecule has 1 aliphatic rings. The van der Waals surface area contributed by atoms with Crippen molar-refractivity contribution in [3.05, 3.63) is 64.1 Å². The molecule has 1 amide bonds. The SMILES string of the molecule is CC1NCCN(C(=O)c2ccc(=O)n(Cc3ccccc3)n2)C1C. The largest absolute Gasteiger partial charge is 0.332 e. The molecule has 24 heavy (non-hydrogen) atoms. The highest BCUT2D eigenvalue weighted by molar-refractivity contribution is 5.92. The number of rotatable bonds is 3. The minimum Gasteiger partial charge on any atom is -0.332 e. The van der Waals surface area contributed by atoms with Gasteiger partial charge < -0.3 is 10.2 Å². The van der Waals surface area contributed by atoms with Crippen molar-refractivity contribution in [2.75, 3.05) is 13.1 Å². The maximum absolute atomic E-state index is 12.8. The van der Waals surface area contributed by atoms with E-state index in [4.69, 9.17) is 0 Å². The molecule has 2 aromatic rings. The van der Waals surface area contributed by atoms with E-state index in [0.717, 1.165) is 12.1 Å². The predicted octanol–water partition coefficient (Wildman–Crippen LogP) is 1.11. The number of amides is 1. The summed E-state index contributed by atoms with van der Waals surface area (Å²) in [7, 11) is 0. The Labute approximate surface area is 141 Å². The van der Waals surface area contributed by atoms with Gasteiger partial charge in [0.2, 0.25) is 0 Å². The van der Waals surface area contributed by atoms with E-state index in [1.54, 1.807) is 0 Å². The van der Waals surface area contributed by atoms with E-state index in [0.29, 0.717) is 18.8 Å². The third kappa shape index (κ3) is 3.38. The van der Waals surface area contributed by atoms with E-state index in [9.17, 15) is 9.59 Å².